The minimum Gasteiger partial charge on any atom is -0.481 e. The van der Waals surface area contributed by atoms with E-state index < -0.39 is 22.8 Å². The van der Waals surface area contributed by atoms with E-state index in [1.165, 1.54) is 23.1 Å². The smallest absolute Gasteiger partial charge is 0.305 e. The van der Waals surface area contributed by atoms with Gasteiger partial charge in [0.2, 0.25) is 0 Å². The van der Waals surface area contributed by atoms with Crippen LogP contribution in [0.1, 0.15) is 30.6 Å². The summed E-state index contributed by atoms with van der Waals surface area (Å²) in [5.74, 6) is -1.43. The van der Waals surface area contributed by atoms with Gasteiger partial charge in [-0.05, 0) is 41.9 Å². The van der Waals surface area contributed by atoms with Gasteiger partial charge in [-0.25, -0.2) is 0 Å². The van der Waals surface area contributed by atoms with Crippen LogP contribution in [0.5, 0.6) is 0 Å². The van der Waals surface area contributed by atoms with Crippen molar-refractivity contribution in [2.45, 2.75) is 26.3 Å². The molecule has 0 radical (unpaired) electrons. The summed E-state index contributed by atoms with van der Waals surface area (Å²) < 4.78 is 0.283. The number of hydrogen-bond donors (Lipinski definition) is 1. The highest BCUT2D eigenvalue weighted by molar-refractivity contribution is 9.10. The number of carbonyl (C=O) groups is 2. The molecular formula is C13H15BrN2O5. The lowest BCUT2D eigenvalue weighted by molar-refractivity contribution is -0.385. The van der Waals surface area contributed by atoms with Crippen LogP contribution >= 0.6 is 15.9 Å². The molecule has 1 unspecified atom stereocenters. The Labute approximate surface area is 129 Å². The summed E-state index contributed by atoms with van der Waals surface area (Å²) in [5.41, 5.74) is -0.0493. The zero-order valence-corrected chi connectivity index (χ0v) is 13.2. The van der Waals surface area contributed by atoms with Crippen LogP contribution in [0.2, 0.25) is 0 Å². The Hall–Kier alpha value is -1.96. The highest BCUT2D eigenvalue weighted by Gasteiger charge is 2.24. The minimum absolute atomic E-state index is 0.156. The summed E-state index contributed by atoms with van der Waals surface area (Å²) in [6.07, 6.45) is -0.182. The van der Waals surface area contributed by atoms with Crippen molar-refractivity contribution in [3.05, 3.63) is 38.3 Å². The number of amides is 1. The van der Waals surface area contributed by atoms with Gasteiger partial charge in [0.05, 0.1) is 15.8 Å². The van der Waals surface area contributed by atoms with Crippen LogP contribution < -0.4 is 0 Å². The molecular weight excluding hydrogens is 344 g/mol. The van der Waals surface area contributed by atoms with E-state index in [1.807, 2.05) is 0 Å². The molecule has 0 bridgehead atoms. The molecule has 8 heteroatoms. The third-order valence-corrected chi connectivity index (χ3v) is 3.66. The van der Waals surface area contributed by atoms with Gasteiger partial charge in [0.15, 0.2) is 0 Å². The average Bonchev–Trinajstić information content (AvgIpc) is 2.38. The standard InChI is InChI=1S/C13H15BrN2O5/c1-3-15(8(2)6-12(17)18)13(19)9-4-5-10(14)11(7-9)16(20)21/h4-5,7-8H,3,6H2,1-2H3,(H,17,18). The van der Waals surface area contributed by atoms with Gasteiger partial charge in [0, 0.05) is 24.2 Å². The van der Waals surface area contributed by atoms with Crippen molar-refractivity contribution in [3.8, 4) is 0 Å². The van der Waals surface area contributed by atoms with Gasteiger partial charge in [0.1, 0.15) is 0 Å². The van der Waals surface area contributed by atoms with E-state index in [4.69, 9.17) is 5.11 Å². The number of benzene rings is 1. The van der Waals surface area contributed by atoms with Crippen LogP contribution in [0.15, 0.2) is 22.7 Å². The Balaban J connectivity index is 3.08. The number of aliphatic carboxylic acids is 1. The van der Waals surface area contributed by atoms with Gasteiger partial charge in [-0.15, -0.1) is 0 Å². The second kappa shape index (κ2) is 7.16. The van der Waals surface area contributed by atoms with Gasteiger partial charge < -0.3 is 10.0 Å². The van der Waals surface area contributed by atoms with E-state index in [2.05, 4.69) is 15.9 Å². The Kier molecular flexibility index (Phi) is 5.83. The number of nitro benzene ring substituents is 1. The first kappa shape index (κ1) is 17.1. The van der Waals surface area contributed by atoms with E-state index in [1.54, 1.807) is 13.8 Å². The molecule has 114 valence electrons. The number of carboxylic acids is 1. The summed E-state index contributed by atoms with van der Waals surface area (Å²) in [6.45, 7) is 3.67. The molecule has 1 aromatic rings. The van der Waals surface area contributed by atoms with Crippen molar-refractivity contribution < 1.29 is 19.6 Å². The van der Waals surface area contributed by atoms with Crippen LogP contribution in [-0.4, -0.2) is 39.4 Å². The number of carbonyl (C=O) groups excluding carboxylic acids is 1. The Morgan fingerprint density at radius 2 is 2.10 bits per heavy atom. The van der Waals surface area contributed by atoms with Gasteiger partial charge in [-0.1, -0.05) is 0 Å². The highest BCUT2D eigenvalue weighted by Crippen LogP contribution is 2.26. The summed E-state index contributed by atoms with van der Waals surface area (Å²) in [4.78, 5) is 34.8. The van der Waals surface area contributed by atoms with E-state index in [-0.39, 0.29) is 22.1 Å². The number of nitrogens with zero attached hydrogens (tertiary/aromatic N) is 2. The molecule has 1 rings (SSSR count). The summed E-state index contributed by atoms with van der Waals surface area (Å²) >= 11 is 3.05. The molecule has 1 N–H and O–H groups in total. The molecule has 1 aromatic carbocycles. The van der Waals surface area contributed by atoms with Crippen LogP contribution in [0.25, 0.3) is 0 Å². The molecule has 0 aliphatic rings. The lowest BCUT2D eigenvalue weighted by Gasteiger charge is -2.27. The Morgan fingerprint density at radius 1 is 1.48 bits per heavy atom. The topological polar surface area (TPSA) is 101 Å². The van der Waals surface area contributed by atoms with Crippen LogP contribution in [0.4, 0.5) is 5.69 Å². The predicted octanol–water partition coefficient (Wildman–Crippen LogP) is 2.68. The normalized spacial score (nSPS) is 11.8. The molecule has 1 amide bonds. The largest absolute Gasteiger partial charge is 0.481 e. The molecule has 1 atom stereocenters. The Bertz CT molecular complexity index is 576. The van der Waals surface area contributed by atoms with Crippen molar-refractivity contribution in [1.29, 1.82) is 0 Å². The fraction of sp³-hybridized carbons (Fsp3) is 0.385. The maximum Gasteiger partial charge on any atom is 0.305 e. The Morgan fingerprint density at radius 3 is 2.57 bits per heavy atom. The second-order valence-corrected chi connectivity index (χ2v) is 5.32. The van der Waals surface area contributed by atoms with Crippen molar-refractivity contribution in [2.75, 3.05) is 6.54 Å². The molecule has 0 spiro atoms. The molecule has 0 saturated carbocycles. The molecule has 7 nitrogen and oxygen atoms in total. The zero-order chi connectivity index (χ0) is 16.2. The fourth-order valence-electron chi connectivity index (χ4n) is 1.97. The first-order valence-corrected chi connectivity index (χ1v) is 7.03. The van der Waals surface area contributed by atoms with Gasteiger partial charge >= 0.3 is 5.97 Å². The lowest BCUT2D eigenvalue weighted by Crippen LogP contribution is -2.39. The summed E-state index contributed by atoms with van der Waals surface area (Å²) in [5, 5.41) is 19.7. The molecule has 0 fully saturated rings. The van der Waals surface area contributed by atoms with Crippen LogP contribution in [0, 0.1) is 10.1 Å². The predicted molar refractivity (Wildman–Crippen MR) is 79.2 cm³/mol. The number of hydrogen-bond acceptors (Lipinski definition) is 4. The fourth-order valence-corrected chi connectivity index (χ4v) is 2.36. The third kappa shape index (κ3) is 4.25. The monoisotopic (exact) mass is 358 g/mol. The number of rotatable bonds is 6. The van der Waals surface area contributed by atoms with E-state index in [9.17, 15) is 19.7 Å². The first-order chi connectivity index (χ1) is 9.77. The average molecular weight is 359 g/mol. The van der Waals surface area contributed by atoms with E-state index in [0.717, 1.165) is 0 Å². The zero-order valence-electron chi connectivity index (χ0n) is 11.6. The third-order valence-electron chi connectivity index (χ3n) is 2.99. The molecule has 21 heavy (non-hydrogen) atoms. The number of carboxylic acid groups (broad SMARTS) is 1. The van der Waals surface area contributed by atoms with Crippen molar-refractivity contribution in [2.24, 2.45) is 0 Å². The molecule has 0 heterocycles. The van der Waals surface area contributed by atoms with Gasteiger partial charge in [0.25, 0.3) is 11.6 Å². The maximum atomic E-state index is 12.4. The molecule has 0 aliphatic heterocycles. The summed E-state index contributed by atoms with van der Waals surface area (Å²) in [6, 6.07) is 3.59. The molecule has 0 aromatic heterocycles. The van der Waals surface area contributed by atoms with Crippen molar-refractivity contribution >= 4 is 33.5 Å². The highest BCUT2D eigenvalue weighted by atomic mass is 79.9. The number of nitro groups is 1. The SMILES string of the molecule is CCN(C(=O)c1ccc(Br)c([N+](=O)[O-])c1)C(C)CC(=O)O. The first-order valence-electron chi connectivity index (χ1n) is 6.24. The number of halogens is 1. The van der Waals surface area contributed by atoms with E-state index >= 15 is 0 Å². The van der Waals surface area contributed by atoms with Crippen LogP contribution in [-0.2, 0) is 4.79 Å². The molecule has 0 saturated heterocycles. The van der Waals surface area contributed by atoms with Gasteiger partial charge in [-0.2, -0.15) is 0 Å². The lowest BCUT2D eigenvalue weighted by atomic mass is 10.1. The summed E-state index contributed by atoms with van der Waals surface area (Å²) in [7, 11) is 0. The van der Waals surface area contributed by atoms with Crippen LogP contribution in [0.3, 0.4) is 0 Å². The van der Waals surface area contributed by atoms with Crippen molar-refractivity contribution in [1.82, 2.24) is 4.90 Å². The molecule has 0 aliphatic carbocycles. The van der Waals surface area contributed by atoms with E-state index in [0.29, 0.717) is 6.54 Å². The van der Waals surface area contributed by atoms with Gasteiger partial charge in [-0.3, -0.25) is 19.7 Å². The maximum absolute atomic E-state index is 12.4. The minimum atomic E-state index is -1.00. The van der Waals surface area contributed by atoms with Crippen molar-refractivity contribution in [3.63, 3.8) is 0 Å². The quantitative estimate of drug-likeness (QED) is 0.622. The second-order valence-electron chi connectivity index (χ2n) is 4.46.